The molecule has 1 saturated heterocycles. The average Bonchev–Trinajstić information content (AvgIpc) is 3.29. The summed E-state index contributed by atoms with van der Waals surface area (Å²) in [5.41, 5.74) is 8.93. The molecule has 3 aliphatic rings. The van der Waals surface area contributed by atoms with E-state index < -0.39 is 0 Å². The van der Waals surface area contributed by atoms with Gasteiger partial charge in [0.25, 0.3) is 0 Å². The minimum absolute atomic E-state index is 0.104. The lowest BCUT2D eigenvalue weighted by molar-refractivity contribution is 0.0866. The number of fused-ring (bicyclic) bond motifs is 5. The van der Waals surface area contributed by atoms with Crippen LogP contribution in [0.1, 0.15) is 47.4 Å². The lowest BCUT2D eigenvalue weighted by Crippen LogP contribution is -2.43. The zero-order valence-corrected chi connectivity index (χ0v) is 18.3. The second-order valence-electron chi connectivity index (χ2n) is 9.27. The van der Waals surface area contributed by atoms with Gasteiger partial charge in [-0.25, -0.2) is 4.79 Å². The molecule has 2 unspecified atom stereocenters. The molecule has 0 radical (unpaired) electrons. The average molecular weight is 422 g/mol. The molecule has 160 valence electrons. The van der Waals surface area contributed by atoms with Crippen LogP contribution in [0.4, 0.5) is 4.79 Å². The van der Waals surface area contributed by atoms with Crippen molar-refractivity contribution in [3.63, 3.8) is 0 Å². The molecular weight excluding hydrogens is 394 g/mol. The highest BCUT2D eigenvalue weighted by Gasteiger charge is 2.41. The van der Waals surface area contributed by atoms with E-state index in [9.17, 15) is 4.79 Å². The monoisotopic (exact) mass is 421 g/mol. The second-order valence-corrected chi connectivity index (χ2v) is 9.27. The van der Waals surface area contributed by atoms with Crippen molar-refractivity contribution in [1.82, 2.24) is 4.90 Å². The van der Waals surface area contributed by atoms with Crippen molar-refractivity contribution < 1.29 is 9.53 Å². The van der Waals surface area contributed by atoms with Gasteiger partial charge in [-0.1, -0.05) is 84.4 Å². The minimum Gasteiger partial charge on any atom is -0.448 e. The van der Waals surface area contributed by atoms with Crippen molar-refractivity contribution in [3.05, 3.63) is 101 Å². The first-order valence-corrected chi connectivity index (χ1v) is 11.6. The standard InChI is InChI=1S/C29H27NO2/c1-19-10-12-20(13-11-19)21-16-22-14-15-23(17-21)30(22)29(31)32-18-28-26-8-4-2-6-24(26)25-7-3-5-9-27(25)28/h2-13,16,22-23,28H,14-15,17-18H2,1H3. The van der Waals surface area contributed by atoms with Gasteiger partial charge in [0.15, 0.2) is 0 Å². The molecule has 32 heavy (non-hydrogen) atoms. The van der Waals surface area contributed by atoms with Crippen LogP contribution < -0.4 is 0 Å². The van der Waals surface area contributed by atoms with E-state index in [-0.39, 0.29) is 24.1 Å². The Hall–Kier alpha value is -3.33. The fraction of sp³-hybridized carbons (Fsp3) is 0.276. The SMILES string of the molecule is Cc1ccc(C2=CC3CCC(C2)N3C(=O)OCC2c3ccccc3-c3ccccc32)cc1. The molecule has 3 nitrogen and oxygen atoms in total. The van der Waals surface area contributed by atoms with Crippen molar-refractivity contribution in [3.8, 4) is 11.1 Å². The Bertz CT molecular complexity index is 1160. The third kappa shape index (κ3) is 3.15. The minimum atomic E-state index is -0.168. The van der Waals surface area contributed by atoms with Gasteiger partial charge in [-0.05, 0) is 59.6 Å². The molecule has 3 aromatic rings. The van der Waals surface area contributed by atoms with E-state index in [4.69, 9.17) is 4.74 Å². The maximum atomic E-state index is 13.2. The molecule has 1 fully saturated rings. The van der Waals surface area contributed by atoms with Gasteiger partial charge >= 0.3 is 6.09 Å². The van der Waals surface area contributed by atoms with Crippen LogP contribution in [0.2, 0.25) is 0 Å². The number of aryl methyl sites for hydroxylation is 1. The van der Waals surface area contributed by atoms with E-state index in [0.29, 0.717) is 6.61 Å². The van der Waals surface area contributed by atoms with Crippen molar-refractivity contribution in [2.75, 3.05) is 6.61 Å². The summed E-state index contributed by atoms with van der Waals surface area (Å²) in [6.07, 6.45) is 5.09. The molecule has 2 aliphatic heterocycles. The van der Waals surface area contributed by atoms with Gasteiger partial charge in [-0.15, -0.1) is 0 Å². The van der Waals surface area contributed by atoms with E-state index in [1.807, 2.05) is 4.90 Å². The van der Waals surface area contributed by atoms with Gasteiger partial charge in [0, 0.05) is 12.0 Å². The molecule has 6 rings (SSSR count). The highest BCUT2D eigenvalue weighted by molar-refractivity contribution is 5.79. The van der Waals surface area contributed by atoms with Crippen LogP contribution in [0.25, 0.3) is 16.7 Å². The Morgan fingerprint density at radius 3 is 2.22 bits per heavy atom. The quantitative estimate of drug-likeness (QED) is 0.479. The fourth-order valence-corrected chi connectivity index (χ4v) is 5.77. The van der Waals surface area contributed by atoms with Gasteiger partial charge in [-0.2, -0.15) is 0 Å². The smallest absolute Gasteiger partial charge is 0.410 e. The molecule has 2 bridgehead atoms. The van der Waals surface area contributed by atoms with E-state index in [1.54, 1.807) is 0 Å². The van der Waals surface area contributed by atoms with Gasteiger partial charge in [0.05, 0.1) is 6.04 Å². The molecule has 0 spiro atoms. The number of hydrogen-bond acceptors (Lipinski definition) is 2. The maximum absolute atomic E-state index is 13.2. The third-order valence-corrected chi connectivity index (χ3v) is 7.36. The number of amides is 1. The van der Waals surface area contributed by atoms with E-state index in [1.165, 1.54) is 39.0 Å². The van der Waals surface area contributed by atoms with Crippen molar-refractivity contribution in [2.45, 2.75) is 44.2 Å². The summed E-state index contributed by atoms with van der Waals surface area (Å²) in [6.45, 7) is 2.50. The van der Waals surface area contributed by atoms with Crippen molar-refractivity contribution in [1.29, 1.82) is 0 Å². The number of benzene rings is 3. The van der Waals surface area contributed by atoms with E-state index in [0.717, 1.165) is 19.3 Å². The van der Waals surface area contributed by atoms with Crippen molar-refractivity contribution in [2.24, 2.45) is 0 Å². The van der Waals surface area contributed by atoms with E-state index >= 15 is 0 Å². The molecule has 1 amide bonds. The molecule has 0 aromatic heterocycles. The molecule has 0 saturated carbocycles. The lowest BCUT2D eigenvalue weighted by Gasteiger charge is -2.33. The molecular formula is C29H27NO2. The summed E-state index contributed by atoms with van der Waals surface area (Å²) in [4.78, 5) is 15.2. The largest absolute Gasteiger partial charge is 0.448 e. The van der Waals surface area contributed by atoms with E-state index in [2.05, 4.69) is 85.8 Å². The Morgan fingerprint density at radius 1 is 0.906 bits per heavy atom. The fourth-order valence-electron chi connectivity index (χ4n) is 5.77. The van der Waals surface area contributed by atoms with Crippen molar-refractivity contribution >= 4 is 11.7 Å². The molecule has 2 heterocycles. The summed E-state index contributed by atoms with van der Waals surface area (Å²) in [7, 11) is 0. The van der Waals surface area contributed by atoms with Crippen LogP contribution in [-0.2, 0) is 4.74 Å². The van der Waals surface area contributed by atoms with Gasteiger partial charge in [0.1, 0.15) is 6.61 Å². The molecule has 1 aliphatic carbocycles. The Labute approximate surface area is 189 Å². The number of ether oxygens (including phenoxy) is 1. The van der Waals surface area contributed by atoms with Crippen LogP contribution in [0.5, 0.6) is 0 Å². The summed E-state index contributed by atoms with van der Waals surface area (Å²) in [6, 6.07) is 26.0. The lowest BCUT2D eigenvalue weighted by atomic mass is 9.94. The zero-order chi connectivity index (χ0) is 21.7. The number of rotatable bonds is 3. The number of carbonyl (C=O) groups is 1. The van der Waals surface area contributed by atoms with Gasteiger partial charge < -0.3 is 4.74 Å². The summed E-state index contributed by atoms with van der Waals surface area (Å²) in [5.74, 6) is 0.104. The summed E-state index contributed by atoms with van der Waals surface area (Å²) in [5, 5.41) is 0. The summed E-state index contributed by atoms with van der Waals surface area (Å²) < 4.78 is 5.97. The van der Waals surface area contributed by atoms with Gasteiger partial charge in [-0.3, -0.25) is 4.90 Å². The molecule has 3 heteroatoms. The van der Waals surface area contributed by atoms with Crippen LogP contribution >= 0.6 is 0 Å². The normalized spacial score (nSPS) is 21.2. The number of hydrogen-bond donors (Lipinski definition) is 0. The second kappa shape index (κ2) is 7.67. The highest BCUT2D eigenvalue weighted by Crippen LogP contribution is 2.45. The third-order valence-electron chi connectivity index (χ3n) is 7.36. The topological polar surface area (TPSA) is 29.5 Å². The number of carbonyl (C=O) groups excluding carboxylic acids is 1. The Morgan fingerprint density at radius 2 is 1.56 bits per heavy atom. The number of nitrogens with zero attached hydrogens (tertiary/aromatic N) is 1. The molecule has 3 aromatic carbocycles. The predicted octanol–water partition coefficient (Wildman–Crippen LogP) is 6.56. The Balaban J connectivity index is 1.20. The maximum Gasteiger partial charge on any atom is 0.410 e. The molecule has 2 atom stereocenters. The first kappa shape index (κ1) is 19.4. The first-order chi connectivity index (χ1) is 15.7. The van der Waals surface area contributed by atoms with Crippen LogP contribution in [0.15, 0.2) is 78.9 Å². The van der Waals surface area contributed by atoms with Gasteiger partial charge in [0.2, 0.25) is 0 Å². The van der Waals surface area contributed by atoms with Crippen LogP contribution in [0, 0.1) is 6.92 Å². The highest BCUT2D eigenvalue weighted by atomic mass is 16.6. The zero-order valence-electron chi connectivity index (χ0n) is 18.3. The summed E-state index contributed by atoms with van der Waals surface area (Å²) >= 11 is 0. The predicted molar refractivity (Wildman–Crippen MR) is 127 cm³/mol. The first-order valence-electron chi connectivity index (χ1n) is 11.6. The van der Waals surface area contributed by atoms with Crippen LogP contribution in [0.3, 0.4) is 0 Å². The Kier molecular flexibility index (Phi) is 4.64. The van der Waals surface area contributed by atoms with Crippen LogP contribution in [-0.4, -0.2) is 29.7 Å². The molecule has 0 N–H and O–H groups in total.